The second kappa shape index (κ2) is 3.83. The Morgan fingerprint density at radius 2 is 1.89 bits per heavy atom. The molecule has 0 aromatic rings. The van der Waals surface area contributed by atoms with Crippen molar-refractivity contribution in [1.82, 2.24) is 5.32 Å². The van der Waals surface area contributed by atoms with E-state index in [1.807, 2.05) is 0 Å². The maximum absolute atomic E-state index is 5.04. The third kappa shape index (κ3) is 2.80. The van der Waals surface area contributed by atoms with E-state index in [0.717, 1.165) is 18.0 Å². The molecule has 0 aromatic carbocycles. The molecule has 0 atom stereocenters. The van der Waals surface area contributed by atoms with Crippen molar-refractivity contribution in [3.8, 4) is 0 Å². The van der Waals surface area contributed by atoms with Crippen LogP contribution in [0.3, 0.4) is 0 Å². The fraction of sp³-hybridized carbons (Fsp3) is 0.857. The van der Waals surface area contributed by atoms with Gasteiger partial charge in [-0.2, -0.15) is 0 Å². The summed E-state index contributed by atoms with van der Waals surface area (Å²) in [6.07, 6.45) is 6.42. The molecule has 0 aromatic heterocycles. The van der Waals surface area contributed by atoms with E-state index in [1.54, 1.807) is 0 Å². The Morgan fingerprint density at radius 3 is 2.78 bits per heavy atom. The van der Waals surface area contributed by atoms with E-state index < -0.39 is 0 Å². The van der Waals surface area contributed by atoms with Gasteiger partial charge in [-0.25, -0.2) is 0 Å². The zero-order chi connectivity index (χ0) is 6.53. The minimum atomic E-state index is 1.06. The van der Waals surface area contributed by atoms with Crippen molar-refractivity contribution in [2.75, 3.05) is 6.54 Å². The Bertz CT molecular complexity index is 91.1. The van der Waals surface area contributed by atoms with Gasteiger partial charge in [-0.1, -0.05) is 25.1 Å². The molecular weight excluding hydrogens is 130 g/mol. The van der Waals surface area contributed by atoms with Crippen LogP contribution in [0.15, 0.2) is 0 Å². The molecule has 0 unspecified atom stereocenters. The summed E-state index contributed by atoms with van der Waals surface area (Å²) in [5.41, 5.74) is 0. The maximum atomic E-state index is 5.04. The highest BCUT2D eigenvalue weighted by molar-refractivity contribution is 7.80. The molecule has 1 saturated heterocycles. The molecule has 1 fully saturated rings. The zero-order valence-electron chi connectivity index (χ0n) is 5.65. The molecule has 0 saturated carbocycles. The second-order valence-corrected chi connectivity index (χ2v) is 3.01. The lowest BCUT2D eigenvalue weighted by molar-refractivity contribution is 0.616. The van der Waals surface area contributed by atoms with E-state index >= 15 is 0 Å². The van der Waals surface area contributed by atoms with Crippen molar-refractivity contribution in [2.45, 2.75) is 32.1 Å². The Labute approximate surface area is 61.8 Å². The van der Waals surface area contributed by atoms with Crippen LogP contribution < -0.4 is 5.32 Å². The second-order valence-electron chi connectivity index (χ2n) is 2.51. The lowest BCUT2D eigenvalue weighted by Gasteiger charge is -2.10. The molecule has 1 aliphatic rings. The minimum absolute atomic E-state index is 1.06. The van der Waals surface area contributed by atoms with E-state index in [0.29, 0.717) is 0 Å². The normalized spacial score (nSPS) is 22.0. The fourth-order valence-corrected chi connectivity index (χ4v) is 1.33. The van der Waals surface area contributed by atoms with Crippen LogP contribution in [0.5, 0.6) is 0 Å². The van der Waals surface area contributed by atoms with Crippen LogP contribution in [-0.2, 0) is 0 Å². The predicted octanol–water partition coefficient (Wildman–Crippen LogP) is 1.87. The van der Waals surface area contributed by atoms with Crippen LogP contribution in [0.2, 0.25) is 0 Å². The van der Waals surface area contributed by atoms with Crippen LogP contribution >= 0.6 is 12.2 Å². The molecule has 1 nitrogen and oxygen atoms in total. The van der Waals surface area contributed by atoms with Crippen molar-refractivity contribution < 1.29 is 0 Å². The Balaban J connectivity index is 2.20. The number of hydrogen-bond acceptors (Lipinski definition) is 1. The average Bonchev–Trinajstić information content (AvgIpc) is 1.79. The van der Waals surface area contributed by atoms with Gasteiger partial charge in [-0.3, -0.25) is 0 Å². The number of hydrogen-bond donors (Lipinski definition) is 1. The van der Waals surface area contributed by atoms with Crippen molar-refractivity contribution in [2.24, 2.45) is 0 Å². The first kappa shape index (κ1) is 7.00. The van der Waals surface area contributed by atoms with Crippen molar-refractivity contribution in [3.63, 3.8) is 0 Å². The molecule has 1 heterocycles. The highest BCUT2D eigenvalue weighted by Crippen LogP contribution is 2.05. The van der Waals surface area contributed by atoms with Crippen molar-refractivity contribution in [3.05, 3.63) is 0 Å². The Hall–Kier alpha value is -0.110. The zero-order valence-corrected chi connectivity index (χ0v) is 6.47. The van der Waals surface area contributed by atoms with Gasteiger partial charge in [0, 0.05) is 6.54 Å². The summed E-state index contributed by atoms with van der Waals surface area (Å²) >= 11 is 5.04. The van der Waals surface area contributed by atoms with Gasteiger partial charge in [-0.05, 0) is 19.3 Å². The van der Waals surface area contributed by atoms with Gasteiger partial charge in [0.1, 0.15) is 0 Å². The molecule has 9 heavy (non-hydrogen) atoms. The van der Waals surface area contributed by atoms with E-state index in [-0.39, 0.29) is 0 Å². The fourth-order valence-electron chi connectivity index (χ4n) is 1.08. The molecule has 1 rings (SSSR count). The molecule has 52 valence electrons. The highest BCUT2D eigenvalue weighted by atomic mass is 32.1. The van der Waals surface area contributed by atoms with E-state index in [9.17, 15) is 0 Å². The first-order chi connectivity index (χ1) is 4.39. The summed E-state index contributed by atoms with van der Waals surface area (Å²) < 4.78 is 0. The Morgan fingerprint density at radius 1 is 1.11 bits per heavy atom. The molecule has 0 spiro atoms. The summed E-state index contributed by atoms with van der Waals surface area (Å²) in [5, 5.41) is 3.22. The van der Waals surface area contributed by atoms with Crippen LogP contribution in [0, 0.1) is 0 Å². The third-order valence-electron chi connectivity index (χ3n) is 1.65. The molecule has 2 heteroatoms. The van der Waals surface area contributed by atoms with Gasteiger partial charge >= 0.3 is 0 Å². The summed E-state index contributed by atoms with van der Waals surface area (Å²) in [6, 6.07) is 0. The van der Waals surface area contributed by atoms with Crippen molar-refractivity contribution >= 4 is 17.2 Å². The van der Waals surface area contributed by atoms with Crippen LogP contribution in [0.25, 0.3) is 0 Å². The van der Waals surface area contributed by atoms with Gasteiger partial charge in [0.2, 0.25) is 0 Å². The number of rotatable bonds is 0. The first-order valence-corrected chi connectivity index (χ1v) is 4.07. The molecule has 0 radical (unpaired) electrons. The van der Waals surface area contributed by atoms with E-state index in [1.165, 1.54) is 25.7 Å². The van der Waals surface area contributed by atoms with Gasteiger partial charge in [0.05, 0.1) is 4.99 Å². The largest absolute Gasteiger partial charge is 0.380 e. The average molecular weight is 143 g/mol. The molecule has 0 aliphatic carbocycles. The minimum Gasteiger partial charge on any atom is -0.380 e. The van der Waals surface area contributed by atoms with Gasteiger partial charge in [0.15, 0.2) is 0 Å². The Kier molecular flexibility index (Phi) is 2.98. The monoisotopic (exact) mass is 143 g/mol. The predicted molar refractivity (Wildman–Crippen MR) is 43.7 cm³/mol. The molecule has 1 aliphatic heterocycles. The van der Waals surface area contributed by atoms with Gasteiger partial charge in [0.25, 0.3) is 0 Å². The number of nitrogens with one attached hydrogen (secondary N) is 1. The maximum Gasteiger partial charge on any atom is 0.0753 e. The molecule has 1 N–H and O–H groups in total. The summed E-state index contributed by atoms with van der Waals surface area (Å²) in [7, 11) is 0. The van der Waals surface area contributed by atoms with Gasteiger partial charge < -0.3 is 5.32 Å². The number of thiocarbonyl (C=S) groups is 1. The molecule has 0 bridgehead atoms. The standard InChI is InChI=1S/C7H13NS/c9-7-5-3-1-2-4-6-8-7/h1-6H2,(H,8,9). The van der Waals surface area contributed by atoms with Crippen LogP contribution in [0.1, 0.15) is 32.1 Å². The quantitative estimate of drug-likeness (QED) is 0.519. The molecular formula is C7H13NS. The topological polar surface area (TPSA) is 12.0 Å². The highest BCUT2D eigenvalue weighted by Gasteiger charge is 1.99. The lowest BCUT2D eigenvalue weighted by Crippen LogP contribution is -2.23. The first-order valence-electron chi connectivity index (χ1n) is 3.66. The third-order valence-corrected chi connectivity index (χ3v) is 2.00. The summed E-state index contributed by atoms with van der Waals surface area (Å²) in [4.78, 5) is 1.06. The molecule has 0 amide bonds. The van der Waals surface area contributed by atoms with Crippen molar-refractivity contribution in [1.29, 1.82) is 0 Å². The SMILES string of the molecule is S=C1CCCCCCN1. The van der Waals surface area contributed by atoms with Crippen LogP contribution in [-0.4, -0.2) is 11.5 Å². The van der Waals surface area contributed by atoms with E-state index in [4.69, 9.17) is 12.2 Å². The van der Waals surface area contributed by atoms with Crippen LogP contribution in [0.4, 0.5) is 0 Å². The smallest absolute Gasteiger partial charge is 0.0753 e. The van der Waals surface area contributed by atoms with E-state index in [2.05, 4.69) is 5.32 Å². The van der Waals surface area contributed by atoms with Gasteiger partial charge in [-0.15, -0.1) is 0 Å². The lowest BCUT2D eigenvalue weighted by atomic mass is 10.1. The summed E-state index contributed by atoms with van der Waals surface area (Å²) in [6.45, 7) is 1.10. The summed E-state index contributed by atoms with van der Waals surface area (Å²) in [5.74, 6) is 0.